The summed E-state index contributed by atoms with van der Waals surface area (Å²) in [6, 6.07) is 10.5. The summed E-state index contributed by atoms with van der Waals surface area (Å²) in [5.74, 6) is -1.25. The Labute approximate surface area is 187 Å². The Kier molecular flexibility index (Phi) is 7.85. The molecule has 2 atom stereocenters. The van der Waals surface area contributed by atoms with E-state index >= 15 is 0 Å². The first-order chi connectivity index (χ1) is 15.4. The SMILES string of the molecule is C=CCNC(=O)NCCCCC(C(=O)O)N(c1ccc2oc3ccccc3c2c1)S(=O)[O-]. The molecule has 0 radical (unpaired) electrons. The number of amides is 2. The lowest BCUT2D eigenvalue weighted by Crippen LogP contribution is -2.42. The summed E-state index contributed by atoms with van der Waals surface area (Å²) in [5, 5.41) is 16.5. The highest BCUT2D eigenvalue weighted by atomic mass is 32.2. The van der Waals surface area contributed by atoms with Gasteiger partial charge in [-0.25, -0.2) is 9.59 Å². The smallest absolute Gasteiger partial charge is 0.327 e. The summed E-state index contributed by atoms with van der Waals surface area (Å²) < 4.78 is 30.7. The number of carboxylic acids is 1. The molecule has 2 aromatic carbocycles. The first kappa shape index (κ1) is 23.3. The molecule has 3 aromatic rings. The Morgan fingerprint density at radius 1 is 1.16 bits per heavy atom. The van der Waals surface area contributed by atoms with E-state index < -0.39 is 23.3 Å². The number of rotatable bonds is 11. The van der Waals surface area contributed by atoms with E-state index in [4.69, 9.17) is 4.42 Å². The van der Waals surface area contributed by atoms with Crippen LogP contribution in [-0.2, 0) is 16.1 Å². The van der Waals surface area contributed by atoms with Gasteiger partial charge in [0.25, 0.3) is 0 Å². The number of anilines is 1. The van der Waals surface area contributed by atoms with E-state index in [9.17, 15) is 23.5 Å². The monoisotopic (exact) mass is 458 g/mol. The Balaban J connectivity index is 1.74. The normalized spacial score (nSPS) is 12.9. The van der Waals surface area contributed by atoms with Crippen molar-refractivity contribution in [2.24, 2.45) is 0 Å². The van der Waals surface area contributed by atoms with Crippen molar-refractivity contribution in [1.82, 2.24) is 10.6 Å². The molecular formula is C22H24N3O6S-. The highest BCUT2D eigenvalue weighted by Crippen LogP contribution is 2.33. The second-order valence-corrected chi connectivity index (χ2v) is 7.92. The van der Waals surface area contributed by atoms with E-state index in [1.165, 1.54) is 6.07 Å². The van der Waals surface area contributed by atoms with Gasteiger partial charge in [-0.2, -0.15) is 0 Å². The third kappa shape index (κ3) is 5.45. The van der Waals surface area contributed by atoms with Crippen LogP contribution in [0.5, 0.6) is 0 Å². The van der Waals surface area contributed by atoms with Gasteiger partial charge in [0.05, 0.1) is 5.69 Å². The standard InChI is InChI=1S/C22H25N3O6S/c1-2-12-23-22(28)24-13-6-5-8-18(21(26)27)25(32(29)30)15-10-11-20-17(14-15)16-7-3-4-9-19(16)31-20/h2-4,7,9-11,14,18H,1,5-6,8,12-13H2,(H,26,27)(H,29,30)(H2,23,24,28)/p-1. The second kappa shape index (κ2) is 10.8. The zero-order valence-electron chi connectivity index (χ0n) is 17.3. The number of carbonyl (C=O) groups is 2. The molecule has 0 saturated carbocycles. The van der Waals surface area contributed by atoms with Gasteiger partial charge >= 0.3 is 12.0 Å². The van der Waals surface area contributed by atoms with E-state index in [0.29, 0.717) is 42.5 Å². The summed E-state index contributed by atoms with van der Waals surface area (Å²) >= 11 is -2.81. The minimum Gasteiger partial charge on any atom is -0.755 e. The van der Waals surface area contributed by atoms with Crippen molar-refractivity contribution < 1.29 is 27.9 Å². The van der Waals surface area contributed by atoms with Gasteiger partial charge in [0.2, 0.25) is 0 Å². The average Bonchev–Trinajstić information content (AvgIpc) is 3.14. The third-order valence-electron chi connectivity index (χ3n) is 4.94. The molecule has 0 aliphatic carbocycles. The topological polar surface area (TPSA) is 135 Å². The minimum absolute atomic E-state index is 0.0867. The number of hydrogen-bond acceptors (Lipinski definition) is 5. The number of hydrogen-bond donors (Lipinski definition) is 3. The van der Waals surface area contributed by atoms with Crippen molar-refractivity contribution in [3.8, 4) is 0 Å². The van der Waals surface area contributed by atoms with Crippen LogP contribution in [0.25, 0.3) is 21.9 Å². The van der Waals surface area contributed by atoms with Crippen LogP contribution in [0.1, 0.15) is 19.3 Å². The van der Waals surface area contributed by atoms with E-state index in [2.05, 4.69) is 17.2 Å². The van der Waals surface area contributed by atoms with Crippen LogP contribution in [-0.4, -0.2) is 45.0 Å². The van der Waals surface area contributed by atoms with Gasteiger partial charge in [-0.1, -0.05) is 24.3 Å². The van der Waals surface area contributed by atoms with Crippen molar-refractivity contribution in [2.45, 2.75) is 25.3 Å². The van der Waals surface area contributed by atoms with Crippen LogP contribution in [0, 0.1) is 0 Å². The van der Waals surface area contributed by atoms with Crippen molar-refractivity contribution in [3.05, 3.63) is 55.1 Å². The molecule has 170 valence electrons. The molecule has 3 N–H and O–H groups in total. The zero-order valence-corrected chi connectivity index (χ0v) is 18.1. The molecule has 32 heavy (non-hydrogen) atoms. The number of carbonyl (C=O) groups excluding carboxylic acids is 1. The quantitative estimate of drug-likeness (QED) is 0.229. The minimum atomic E-state index is -2.81. The van der Waals surface area contributed by atoms with Crippen LogP contribution in [0.15, 0.2) is 59.5 Å². The Morgan fingerprint density at radius 2 is 1.91 bits per heavy atom. The largest absolute Gasteiger partial charge is 0.755 e. The van der Waals surface area contributed by atoms with Crippen molar-refractivity contribution in [3.63, 3.8) is 0 Å². The maximum Gasteiger partial charge on any atom is 0.327 e. The summed E-state index contributed by atoms with van der Waals surface area (Å²) in [4.78, 5) is 23.4. The fourth-order valence-corrected chi connectivity index (χ4v) is 4.14. The molecule has 3 rings (SSSR count). The van der Waals surface area contributed by atoms with Crippen LogP contribution in [0.3, 0.4) is 0 Å². The molecule has 1 aromatic heterocycles. The molecule has 0 aliphatic heterocycles. The van der Waals surface area contributed by atoms with Crippen LogP contribution in [0.2, 0.25) is 0 Å². The van der Waals surface area contributed by atoms with Crippen LogP contribution in [0.4, 0.5) is 10.5 Å². The van der Waals surface area contributed by atoms with Crippen molar-refractivity contribution in [2.75, 3.05) is 17.4 Å². The number of carboxylic acid groups (broad SMARTS) is 1. The predicted molar refractivity (Wildman–Crippen MR) is 122 cm³/mol. The Bertz CT molecular complexity index is 1150. The molecule has 0 saturated heterocycles. The van der Waals surface area contributed by atoms with Gasteiger partial charge in [-0.05, 0) is 43.5 Å². The van der Waals surface area contributed by atoms with Crippen molar-refractivity contribution in [1.29, 1.82) is 0 Å². The molecule has 2 amide bonds. The predicted octanol–water partition coefficient (Wildman–Crippen LogP) is 3.30. The van der Waals surface area contributed by atoms with E-state index in [1.54, 1.807) is 18.2 Å². The lowest BCUT2D eigenvalue weighted by Gasteiger charge is -2.32. The van der Waals surface area contributed by atoms with E-state index in [0.717, 1.165) is 9.69 Å². The summed E-state index contributed by atoms with van der Waals surface area (Å²) in [6.07, 6.45) is 2.54. The molecule has 1 heterocycles. The van der Waals surface area contributed by atoms with Gasteiger partial charge in [-0.3, -0.25) is 8.51 Å². The van der Waals surface area contributed by atoms with Crippen LogP contribution >= 0.6 is 0 Å². The van der Waals surface area contributed by atoms with Crippen LogP contribution < -0.4 is 14.9 Å². The molecular weight excluding hydrogens is 434 g/mol. The van der Waals surface area contributed by atoms with Gasteiger partial charge < -0.3 is 24.7 Å². The lowest BCUT2D eigenvalue weighted by atomic mass is 10.1. The van der Waals surface area contributed by atoms with Gasteiger partial charge in [0.1, 0.15) is 17.2 Å². The van der Waals surface area contributed by atoms with Gasteiger partial charge in [0.15, 0.2) is 0 Å². The Morgan fingerprint density at radius 3 is 2.62 bits per heavy atom. The number of urea groups is 1. The maximum absolute atomic E-state index is 12.0. The first-order valence-corrected chi connectivity index (χ1v) is 11.1. The van der Waals surface area contributed by atoms with Gasteiger partial charge in [0, 0.05) is 35.1 Å². The Hall–Kier alpha value is -3.37. The molecule has 0 fully saturated rings. The number of fused-ring (bicyclic) bond motifs is 3. The fraction of sp³-hybridized carbons (Fsp3) is 0.273. The number of nitrogens with zero attached hydrogens (tertiary/aromatic N) is 1. The fourth-order valence-electron chi connectivity index (χ4n) is 3.45. The zero-order chi connectivity index (χ0) is 23.1. The highest BCUT2D eigenvalue weighted by molar-refractivity contribution is 7.80. The van der Waals surface area contributed by atoms with E-state index in [-0.39, 0.29) is 18.1 Å². The summed E-state index contributed by atoms with van der Waals surface area (Å²) in [5.41, 5.74) is 1.49. The van der Waals surface area contributed by atoms with Crippen molar-refractivity contribution >= 4 is 50.9 Å². The van der Waals surface area contributed by atoms with Gasteiger partial charge in [-0.15, -0.1) is 6.58 Å². The second-order valence-electron chi connectivity index (χ2n) is 7.10. The number of furan rings is 1. The molecule has 2 unspecified atom stereocenters. The highest BCUT2D eigenvalue weighted by Gasteiger charge is 2.27. The first-order valence-electron chi connectivity index (χ1n) is 10.1. The summed E-state index contributed by atoms with van der Waals surface area (Å²) in [7, 11) is 0. The number of para-hydroxylation sites is 1. The number of unbranched alkanes of at least 4 members (excludes halogenated alkanes) is 1. The molecule has 0 aliphatic rings. The summed E-state index contributed by atoms with van der Waals surface area (Å²) in [6.45, 7) is 4.18. The molecule has 0 spiro atoms. The average molecular weight is 459 g/mol. The lowest BCUT2D eigenvalue weighted by molar-refractivity contribution is -0.138. The maximum atomic E-state index is 12.0. The van der Waals surface area contributed by atoms with E-state index in [1.807, 2.05) is 24.3 Å². The third-order valence-corrected chi connectivity index (χ3v) is 5.73. The number of nitrogens with one attached hydrogen (secondary N) is 2. The molecule has 10 heteroatoms. The molecule has 0 bridgehead atoms. The number of aliphatic carboxylic acids is 1. The molecule has 9 nitrogen and oxygen atoms in total. The number of benzene rings is 2.